The van der Waals surface area contributed by atoms with Crippen LogP contribution < -0.4 is 0 Å². The van der Waals surface area contributed by atoms with E-state index in [2.05, 4.69) is 0 Å². The molecule has 0 aliphatic carbocycles. The van der Waals surface area contributed by atoms with Crippen LogP contribution in [0.1, 0.15) is 12.8 Å². The van der Waals surface area contributed by atoms with Crippen LogP contribution in [0.2, 0.25) is 0 Å². The highest BCUT2D eigenvalue weighted by molar-refractivity contribution is 5.77. The van der Waals surface area contributed by atoms with Gasteiger partial charge in [-0.3, -0.25) is 4.79 Å². The molecule has 0 atom stereocenters. The third kappa shape index (κ3) is 1.42. The second-order valence-electron chi connectivity index (χ2n) is 2.23. The Morgan fingerprint density at radius 3 is 2.33 bits per heavy atom. The normalized spacial score (nSPS) is 18.6. The molecule has 3 heteroatoms. The van der Waals surface area contributed by atoms with Crippen LogP contribution in [-0.4, -0.2) is 30.5 Å². The molecule has 0 aromatic rings. The molecule has 51 valence electrons. The average Bonchev–Trinajstić information content (AvgIpc) is 2.37. The van der Waals surface area contributed by atoms with Gasteiger partial charge in [0.05, 0.1) is 0 Å². The molecule has 0 N–H and O–H groups in total. The fourth-order valence-electron chi connectivity index (χ4n) is 1.06. The van der Waals surface area contributed by atoms with Crippen molar-refractivity contribution in [1.29, 1.82) is 0 Å². The van der Waals surface area contributed by atoms with Gasteiger partial charge in [-0.25, -0.2) is 5.11 Å². The van der Waals surface area contributed by atoms with Gasteiger partial charge in [0.1, 0.15) is 0 Å². The van der Waals surface area contributed by atoms with Crippen LogP contribution in [0.5, 0.6) is 0 Å². The van der Waals surface area contributed by atoms with Gasteiger partial charge in [-0.15, -0.1) is 0 Å². The van der Waals surface area contributed by atoms with E-state index in [4.69, 9.17) is 0 Å². The van der Waals surface area contributed by atoms with Crippen molar-refractivity contribution in [3.63, 3.8) is 0 Å². The maximum absolute atomic E-state index is 10.6. The van der Waals surface area contributed by atoms with Crippen molar-refractivity contribution in [2.24, 2.45) is 0 Å². The first-order chi connectivity index (χ1) is 4.34. The second kappa shape index (κ2) is 2.82. The van der Waals surface area contributed by atoms with Crippen molar-refractivity contribution >= 4 is 5.91 Å². The lowest BCUT2D eigenvalue weighted by Gasteiger charge is -2.11. The Kier molecular flexibility index (Phi) is 2.05. The van der Waals surface area contributed by atoms with Gasteiger partial charge >= 0.3 is 0 Å². The summed E-state index contributed by atoms with van der Waals surface area (Å²) in [5, 5.41) is 10.0. The SMILES string of the molecule is [O]CC(=O)N1CCCC1. The summed E-state index contributed by atoms with van der Waals surface area (Å²) < 4.78 is 0. The summed E-state index contributed by atoms with van der Waals surface area (Å²) in [7, 11) is 0. The van der Waals surface area contributed by atoms with Crippen molar-refractivity contribution in [3.8, 4) is 0 Å². The predicted molar refractivity (Wildman–Crippen MR) is 31.4 cm³/mol. The molecule has 1 fully saturated rings. The number of carbonyl (C=O) groups excluding carboxylic acids is 1. The second-order valence-corrected chi connectivity index (χ2v) is 2.23. The maximum atomic E-state index is 10.6. The molecule has 0 bridgehead atoms. The van der Waals surface area contributed by atoms with Gasteiger partial charge in [-0.05, 0) is 12.8 Å². The van der Waals surface area contributed by atoms with Gasteiger partial charge in [0.2, 0.25) is 0 Å². The van der Waals surface area contributed by atoms with Gasteiger partial charge < -0.3 is 4.90 Å². The van der Waals surface area contributed by atoms with E-state index < -0.39 is 6.61 Å². The smallest absolute Gasteiger partial charge is 0.251 e. The number of nitrogens with zero attached hydrogens (tertiary/aromatic N) is 1. The average molecular weight is 128 g/mol. The van der Waals surface area contributed by atoms with Crippen LogP contribution in [0.25, 0.3) is 0 Å². The molecule has 0 spiro atoms. The monoisotopic (exact) mass is 128 g/mol. The Labute approximate surface area is 54.3 Å². The number of likely N-dealkylation sites (tertiary alicyclic amines) is 1. The number of carbonyl (C=O) groups is 1. The van der Waals surface area contributed by atoms with E-state index in [1.807, 2.05) is 0 Å². The lowest BCUT2D eigenvalue weighted by Crippen LogP contribution is -2.29. The van der Waals surface area contributed by atoms with Gasteiger partial charge in [0, 0.05) is 13.1 Å². The highest BCUT2D eigenvalue weighted by atomic mass is 16.3. The quantitative estimate of drug-likeness (QED) is 0.491. The summed E-state index contributed by atoms with van der Waals surface area (Å²) in [6.07, 6.45) is 2.12. The van der Waals surface area contributed by atoms with E-state index in [1.165, 1.54) is 0 Å². The molecule has 1 amide bonds. The zero-order chi connectivity index (χ0) is 6.69. The Hall–Kier alpha value is -0.570. The van der Waals surface area contributed by atoms with Crippen LogP contribution in [0.15, 0.2) is 0 Å². The summed E-state index contributed by atoms with van der Waals surface area (Å²) in [6.45, 7) is 1.00. The molecule has 1 saturated heterocycles. The Bertz CT molecular complexity index is 108. The van der Waals surface area contributed by atoms with E-state index >= 15 is 0 Å². The van der Waals surface area contributed by atoms with Gasteiger partial charge in [0.15, 0.2) is 6.61 Å². The zero-order valence-electron chi connectivity index (χ0n) is 5.30. The molecule has 1 heterocycles. The molecule has 3 nitrogen and oxygen atoms in total. The number of amides is 1. The minimum absolute atomic E-state index is 0.243. The molecule has 9 heavy (non-hydrogen) atoms. The fourth-order valence-corrected chi connectivity index (χ4v) is 1.06. The number of rotatable bonds is 1. The fraction of sp³-hybridized carbons (Fsp3) is 0.833. The molecular weight excluding hydrogens is 118 g/mol. The highest BCUT2D eigenvalue weighted by Gasteiger charge is 2.16. The minimum Gasteiger partial charge on any atom is -0.341 e. The first-order valence-electron chi connectivity index (χ1n) is 3.20. The summed E-state index contributed by atoms with van der Waals surface area (Å²) in [5.41, 5.74) is 0. The molecule has 0 unspecified atom stereocenters. The minimum atomic E-state index is -0.583. The number of hydrogen-bond acceptors (Lipinski definition) is 1. The molecule has 0 aromatic heterocycles. The number of hydrogen-bond donors (Lipinski definition) is 0. The van der Waals surface area contributed by atoms with Crippen molar-refractivity contribution < 1.29 is 9.90 Å². The van der Waals surface area contributed by atoms with Crippen LogP contribution >= 0.6 is 0 Å². The van der Waals surface area contributed by atoms with Gasteiger partial charge in [-0.1, -0.05) is 0 Å². The van der Waals surface area contributed by atoms with Crippen molar-refractivity contribution in [3.05, 3.63) is 0 Å². The third-order valence-corrected chi connectivity index (χ3v) is 1.58. The first kappa shape index (κ1) is 6.55. The van der Waals surface area contributed by atoms with Crippen LogP contribution in [0.4, 0.5) is 0 Å². The summed E-state index contributed by atoms with van der Waals surface area (Å²) in [5.74, 6) is -0.243. The molecule has 1 rings (SSSR count). The van der Waals surface area contributed by atoms with E-state index in [9.17, 15) is 9.90 Å². The molecule has 0 aromatic carbocycles. The predicted octanol–water partition coefficient (Wildman–Crippen LogP) is 0.0393. The maximum Gasteiger partial charge on any atom is 0.251 e. The van der Waals surface area contributed by atoms with Crippen LogP contribution in [0, 0.1) is 0 Å². The van der Waals surface area contributed by atoms with Gasteiger partial charge in [0.25, 0.3) is 5.91 Å². The Morgan fingerprint density at radius 1 is 1.33 bits per heavy atom. The summed E-state index contributed by atoms with van der Waals surface area (Å²) >= 11 is 0. The molecule has 0 saturated carbocycles. The van der Waals surface area contributed by atoms with Crippen molar-refractivity contribution in [1.82, 2.24) is 4.90 Å². The van der Waals surface area contributed by atoms with Crippen molar-refractivity contribution in [2.75, 3.05) is 19.7 Å². The molecular formula is C6H10NO2. The Balaban J connectivity index is 2.32. The highest BCUT2D eigenvalue weighted by Crippen LogP contribution is 2.06. The van der Waals surface area contributed by atoms with E-state index in [1.54, 1.807) is 4.90 Å². The summed E-state index contributed by atoms with van der Waals surface area (Å²) in [4.78, 5) is 12.3. The standard InChI is InChI=1S/C6H10NO2/c8-5-6(9)7-3-1-2-4-7/h1-5H2. The summed E-state index contributed by atoms with van der Waals surface area (Å²) in [6, 6.07) is 0. The van der Waals surface area contributed by atoms with E-state index in [0.717, 1.165) is 25.9 Å². The topological polar surface area (TPSA) is 40.2 Å². The zero-order valence-corrected chi connectivity index (χ0v) is 5.30. The first-order valence-corrected chi connectivity index (χ1v) is 3.20. The van der Waals surface area contributed by atoms with Crippen LogP contribution in [-0.2, 0) is 9.90 Å². The molecule has 1 aliphatic rings. The lowest BCUT2D eigenvalue weighted by atomic mass is 10.4. The van der Waals surface area contributed by atoms with Crippen LogP contribution in [0.3, 0.4) is 0 Å². The Morgan fingerprint density at radius 2 is 1.89 bits per heavy atom. The van der Waals surface area contributed by atoms with E-state index in [0.29, 0.717) is 0 Å². The molecule has 1 aliphatic heterocycles. The van der Waals surface area contributed by atoms with Crippen molar-refractivity contribution in [2.45, 2.75) is 12.8 Å². The third-order valence-electron chi connectivity index (χ3n) is 1.58. The van der Waals surface area contributed by atoms with Gasteiger partial charge in [-0.2, -0.15) is 0 Å². The molecule has 1 radical (unpaired) electrons. The largest absolute Gasteiger partial charge is 0.341 e. The lowest BCUT2D eigenvalue weighted by molar-refractivity contribution is -0.134. The van der Waals surface area contributed by atoms with E-state index in [-0.39, 0.29) is 5.91 Å².